The molecule has 1 amide bonds. The van der Waals surface area contributed by atoms with Gasteiger partial charge in [0.25, 0.3) is 5.91 Å². The topological polar surface area (TPSA) is 32.3 Å². The third-order valence-corrected chi connectivity index (χ3v) is 4.37. The van der Waals surface area contributed by atoms with E-state index in [1.54, 1.807) is 12.1 Å². The molecule has 2 rings (SSSR count). The quantitative estimate of drug-likeness (QED) is 0.764. The van der Waals surface area contributed by atoms with Gasteiger partial charge in [-0.25, -0.2) is 4.39 Å². The number of hydrogen-bond donors (Lipinski definition) is 1. The van der Waals surface area contributed by atoms with E-state index in [1.807, 2.05) is 43.3 Å². The van der Waals surface area contributed by atoms with E-state index in [0.29, 0.717) is 12.1 Å². The van der Waals surface area contributed by atoms with Gasteiger partial charge in [0, 0.05) is 10.1 Å². The molecule has 2 aromatic rings. The molecule has 0 spiro atoms. The molecule has 2 aromatic carbocycles. The third-order valence-electron chi connectivity index (χ3n) is 3.43. The monoisotopic (exact) mass is 412 g/mol. The highest BCUT2D eigenvalue weighted by Gasteiger charge is 2.17. The summed E-state index contributed by atoms with van der Waals surface area (Å²) in [6, 6.07) is 13.8. The van der Waals surface area contributed by atoms with Gasteiger partial charge in [-0.3, -0.25) is 4.79 Å². The SMILES string of the molecule is CN(C)C(CNC(=O)c1ccccc1I)c1cccc(F)c1. The number of nitrogens with one attached hydrogen (secondary N) is 1. The zero-order valence-electron chi connectivity index (χ0n) is 12.5. The number of amides is 1. The molecular formula is C17H18FIN2O. The molecule has 1 atom stereocenters. The molecule has 0 fully saturated rings. The molecule has 0 radical (unpaired) electrons. The second-order valence-electron chi connectivity index (χ2n) is 5.22. The van der Waals surface area contributed by atoms with Gasteiger partial charge >= 0.3 is 0 Å². The fourth-order valence-electron chi connectivity index (χ4n) is 2.24. The lowest BCUT2D eigenvalue weighted by atomic mass is 10.1. The number of rotatable bonds is 5. The van der Waals surface area contributed by atoms with E-state index < -0.39 is 0 Å². The van der Waals surface area contributed by atoms with Crippen molar-refractivity contribution in [2.24, 2.45) is 0 Å². The van der Waals surface area contributed by atoms with E-state index in [0.717, 1.165) is 9.13 Å². The molecule has 0 aliphatic heterocycles. The minimum absolute atomic E-state index is 0.0824. The molecule has 0 aliphatic rings. The average Bonchev–Trinajstić information content (AvgIpc) is 2.47. The lowest BCUT2D eigenvalue weighted by Gasteiger charge is -2.25. The van der Waals surface area contributed by atoms with Gasteiger partial charge in [0.15, 0.2) is 0 Å². The van der Waals surface area contributed by atoms with Crippen molar-refractivity contribution in [3.63, 3.8) is 0 Å². The van der Waals surface area contributed by atoms with E-state index in [4.69, 9.17) is 0 Å². The first-order chi connectivity index (χ1) is 10.5. The maximum Gasteiger partial charge on any atom is 0.252 e. The number of likely N-dealkylation sites (N-methyl/N-ethyl adjacent to an activating group) is 1. The van der Waals surface area contributed by atoms with Crippen LogP contribution in [0.15, 0.2) is 48.5 Å². The second kappa shape index (κ2) is 7.69. The summed E-state index contributed by atoms with van der Waals surface area (Å²) in [6.07, 6.45) is 0. The fraction of sp³-hybridized carbons (Fsp3) is 0.235. The number of halogens is 2. The molecule has 116 valence electrons. The minimum Gasteiger partial charge on any atom is -0.350 e. The predicted octanol–water partition coefficient (Wildman–Crippen LogP) is 3.46. The van der Waals surface area contributed by atoms with Crippen LogP contribution in [-0.2, 0) is 0 Å². The molecule has 5 heteroatoms. The summed E-state index contributed by atoms with van der Waals surface area (Å²) in [6.45, 7) is 0.417. The molecule has 3 nitrogen and oxygen atoms in total. The first-order valence-corrected chi connectivity index (χ1v) is 8.01. The van der Waals surface area contributed by atoms with Crippen molar-refractivity contribution in [2.75, 3.05) is 20.6 Å². The van der Waals surface area contributed by atoms with Gasteiger partial charge < -0.3 is 10.2 Å². The summed E-state index contributed by atoms with van der Waals surface area (Å²) >= 11 is 2.14. The van der Waals surface area contributed by atoms with Crippen LogP contribution in [0.4, 0.5) is 4.39 Å². The molecule has 0 saturated heterocycles. The van der Waals surface area contributed by atoms with Crippen LogP contribution >= 0.6 is 22.6 Å². The largest absolute Gasteiger partial charge is 0.350 e. The minimum atomic E-state index is -0.270. The van der Waals surface area contributed by atoms with Crippen LogP contribution in [0.2, 0.25) is 0 Å². The Bertz CT molecular complexity index is 661. The Balaban J connectivity index is 2.10. The molecule has 0 aliphatic carbocycles. The van der Waals surface area contributed by atoms with E-state index in [1.165, 1.54) is 12.1 Å². The first-order valence-electron chi connectivity index (χ1n) is 6.93. The van der Waals surface area contributed by atoms with E-state index in [-0.39, 0.29) is 17.8 Å². The van der Waals surface area contributed by atoms with Crippen LogP contribution in [0.1, 0.15) is 22.0 Å². The number of nitrogens with zero attached hydrogens (tertiary/aromatic N) is 1. The summed E-state index contributed by atoms with van der Waals surface area (Å²) in [5.41, 5.74) is 1.49. The Morgan fingerprint density at radius 3 is 2.59 bits per heavy atom. The Morgan fingerprint density at radius 1 is 1.23 bits per heavy atom. The van der Waals surface area contributed by atoms with Gasteiger partial charge in [0.05, 0.1) is 11.6 Å². The van der Waals surface area contributed by atoms with Crippen molar-refractivity contribution < 1.29 is 9.18 Å². The molecule has 1 unspecified atom stereocenters. The summed E-state index contributed by atoms with van der Waals surface area (Å²) < 4.78 is 14.3. The first kappa shape index (κ1) is 16.9. The molecule has 0 heterocycles. The van der Waals surface area contributed by atoms with Crippen LogP contribution in [0.25, 0.3) is 0 Å². The normalized spacial score (nSPS) is 12.2. The molecule has 0 saturated carbocycles. The predicted molar refractivity (Wildman–Crippen MR) is 94.3 cm³/mol. The molecule has 0 bridgehead atoms. The van der Waals surface area contributed by atoms with E-state index in [2.05, 4.69) is 27.9 Å². The second-order valence-corrected chi connectivity index (χ2v) is 6.39. The fourth-order valence-corrected chi connectivity index (χ4v) is 2.87. The van der Waals surface area contributed by atoms with Crippen molar-refractivity contribution in [3.8, 4) is 0 Å². The Hall–Kier alpha value is -1.47. The lowest BCUT2D eigenvalue weighted by Crippen LogP contribution is -2.34. The van der Waals surface area contributed by atoms with Gasteiger partial charge in [-0.2, -0.15) is 0 Å². The van der Waals surface area contributed by atoms with Gasteiger partial charge in [-0.1, -0.05) is 24.3 Å². The maximum atomic E-state index is 13.4. The summed E-state index contributed by atoms with van der Waals surface area (Å²) in [5.74, 6) is -0.387. The number of carbonyl (C=O) groups excluding carboxylic acids is 1. The number of benzene rings is 2. The van der Waals surface area contributed by atoms with Crippen LogP contribution in [0, 0.1) is 9.39 Å². The Morgan fingerprint density at radius 2 is 1.95 bits per heavy atom. The van der Waals surface area contributed by atoms with Crippen molar-refractivity contribution in [1.82, 2.24) is 10.2 Å². The van der Waals surface area contributed by atoms with E-state index in [9.17, 15) is 9.18 Å². The Kier molecular flexibility index (Phi) is 5.90. The zero-order chi connectivity index (χ0) is 16.1. The van der Waals surface area contributed by atoms with Crippen LogP contribution < -0.4 is 5.32 Å². The van der Waals surface area contributed by atoms with Crippen molar-refractivity contribution >= 4 is 28.5 Å². The molecule has 0 aromatic heterocycles. The standard InChI is InChI=1S/C17H18FIN2O/c1-21(2)16(12-6-5-7-13(18)10-12)11-20-17(22)14-8-3-4-9-15(14)19/h3-10,16H,11H2,1-2H3,(H,20,22). The van der Waals surface area contributed by atoms with Gasteiger partial charge in [0.2, 0.25) is 0 Å². The summed E-state index contributed by atoms with van der Waals surface area (Å²) in [7, 11) is 3.82. The van der Waals surface area contributed by atoms with Crippen LogP contribution in [0.5, 0.6) is 0 Å². The smallest absolute Gasteiger partial charge is 0.252 e. The van der Waals surface area contributed by atoms with E-state index >= 15 is 0 Å². The third kappa shape index (κ3) is 4.27. The molecule has 1 N–H and O–H groups in total. The molecule has 22 heavy (non-hydrogen) atoms. The van der Waals surface area contributed by atoms with Crippen LogP contribution in [0.3, 0.4) is 0 Å². The lowest BCUT2D eigenvalue weighted by molar-refractivity contribution is 0.0941. The van der Waals surface area contributed by atoms with Gasteiger partial charge in [-0.15, -0.1) is 0 Å². The van der Waals surface area contributed by atoms with Gasteiger partial charge in [-0.05, 0) is 66.5 Å². The highest BCUT2D eigenvalue weighted by atomic mass is 127. The Labute approximate surface area is 143 Å². The van der Waals surface area contributed by atoms with Crippen molar-refractivity contribution in [2.45, 2.75) is 6.04 Å². The van der Waals surface area contributed by atoms with Crippen molar-refractivity contribution in [3.05, 3.63) is 69.0 Å². The highest BCUT2D eigenvalue weighted by Crippen LogP contribution is 2.19. The van der Waals surface area contributed by atoms with Gasteiger partial charge in [0.1, 0.15) is 5.82 Å². The van der Waals surface area contributed by atoms with Crippen molar-refractivity contribution in [1.29, 1.82) is 0 Å². The number of hydrogen-bond acceptors (Lipinski definition) is 2. The maximum absolute atomic E-state index is 13.4. The van der Waals surface area contributed by atoms with Crippen LogP contribution in [-0.4, -0.2) is 31.4 Å². The molecular weight excluding hydrogens is 394 g/mol. The average molecular weight is 412 g/mol. The summed E-state index contributed by atoms with van der Waals surface area (Å²) in [5, 5.41) is 2.93. The highest BCUT2D eigenvalue weighted by molar-refractivity contribution is 14.1. The number of carbonyl (C=O) groups is 1. The summed E-state index contributed by atoms with van der Waals surface area (Å²) in [4.78, 5) is 14.2. The zero-order valence-corrected chi connectivity index (χ0v) is 14.7.